The zero-order valence-corrected chi connectivity index (χ0v) is 17.3. The van der Waals surface area contributed by atoms with Gasteiger partial charge in [-0.3, -0.25) is 4.79 Å². The van der Waals surface area contributed by atoms with Crippen LogP contribution in [0, 0.1) is 0 Å². The first kappa shape index (κ1) is 20.6. The maximum atomic E-state index is 12.3. The molecule has 5 N–H and O–H groups in total. The number of nitrogens with one attached hydrogen (secondary N) is 3. The van der Waals surface area contributed by atoms with Gasteiger partial charge in [-0.1, -0.05) is 6.07 Å². The molecule has 1 saturated heterocycles. The Morgan fingerprint density at radius 3 is 2.90 bits per heavy atom. The molecule has 2 atom stereocenters. The first-order valence-electron chi connectivity index (χ1n) is 10.1. The number of hydrogen-bond acceptors (Lipinski definition) is 7. The largest absolute Gasteiger partial charge is 0.508 e. The van der Waals surface area contributed by atoms with Gasteiger partial charge in [-0.05, 0) is 49.4 Å². The standard InChI is InChI=1S/C21H25N3O5S/c25-14-5-3-4-12(8-14)19(26)23-10-13-9-15-16(11-22-13)30-20(18(15)21(27)28)24-17-6-1-2-7-29-17/h3-5,8,13,17,22,24-25H,1-2,6-7,9-11H2,(H,23,26)(H,27,28). The molecule has 1 fully saturated rings. The molecule has 0 bridgehead atoms. The third kappa shape index (κ3) is 4.58. The maximum absolute atomic E-state index is 12.3. The van der Waals surface area contributed by atoms with E-state index in [9.17, 15) is 19.8 Å². The number of carboxylic acid groups (broad SMARTS) is 1. The number of fused-ring (bicyclic) bond motifs is 1. The summed E-state index contributed by atoms with van der Waals surface area (Å²) in [6.07, 6.45) is 3.32. The van der Waals surface area contributed by atoms with Crippen LogP contribution in [0.3, 0.4) is 0 Å². The van der Waals surface area contributed by atoms with Crippen molar-refractivity contribution in [1.82, 2.24) is 10.6 Å². The quantitative estimate of drug-likeness (QED) is 0.477. The van der Waals surface area contributed by atoms with Crippen LogP contribution in [0.15, 0.2) is 24.3 Å². The fraction of sp³-hybridized carbons (Fsp3) is 0.429. The molecule has 1 aromatic heterocycles. The molecule has 30 heavy (non-hydrogen) atoms. The molecule has 4 rings (SSSR count). The number of carbonyl (C=O) groups is 2. The predicted octanol–water partition coefficient (Wildman–Crippen LogP) is 2.53. The average molecular weight is 432 g/mol. The number of phenolic OH excluding ortho intramolecular Hbond substituents is 1. The Labute approximate surface area is 178 Å². The molecule has 2 unspecified atom stereocenters. The minimum absolute atomic E-state index is 0.0365. The third-order valence-electron chi connectivity index (χ3n) is 5.40. The number of thiophene rings is 1. The number of carboxylic acids is 1. The highest BCUT2D eigenvalue weighted by atomic mass is 32.1. The Balaban J connectivity index is 1.43. The van der Waals surface area contributed by atoms with Gasteiger partial charge in [0.15, 0.2) is 0 Å². The SMILES string of the molecule is O=C(NCC1Cc2c(sc(NC3CCCCO3)c2C(=O)O)CN1)c1cccc(O)c1. The Hall–Kier alpha value is -2.62. The summed E-state index contributed by atoms with van der Waals surface area (Å²) in [5, 5.41) is 29.5. The number of carbonyl (C=O) groups excluding carboxylic acids is 1. The Bertz CT molecular complexity index is 939. The molecule has 2 aromatic rings. The summed E-state index contributed by atoms with van der Waals surface area (Å²) in [6, 6.07) is 6.09. The topological polar surface area (TPSA) is 120 Å². The zero-order chi connectivity index (χ0) is 21.1. The molecule has 0 spiro atoms. The summed E-state index contributed by atoms with van der Waals surface area (Å²) in [6.45, 7) is 1.60. The van der Waals surface area contributed by atoms with Gasteiger partial charge < -0.3 is 30.9 Å². The van der Waals surface area contributed by atoms with Crippen LogP contribution in [0.25, 0.3) is 0 Å². The maximum Gasteiger partial charge on any atom is 0.338 e. The van der Waals surface area contributed by atoms with E-state index in [1.54, 1.807) is 12.1 Å². The lowest BCUT2D eigenvalue weighted by atomic mass is 9.97. The second-order valence-electron chi connectivity index (χ2n) is 7.55. The highest BCUT2D eigenvalue weighted by Crippen LogP contribution is 2.37. The molecular formula is C21H25N3O5S. The summed E-state index contributed by atoms with van der Waals surface area (Å²) in [5.74, 6) is -1.19. The van der Waals surface area contributed by atoms with Crippen molar-refractivity contribution in [1.29, 1.82) is 0 Å². The normalized spacial score (nSPS) is 20.9. The van der Waals surface area contributed by atoms with Crippen LogP contribution >= 0.6 is 11.3 Å². The number of phenols is 1. The van der Waals surface area contributed by atoms with Gasteiger partial charge in [-0.25, -0.2) is 4.79 Å². The number of aromatic carboxylic acids is 1. The van der Waals surface area contributed by atoms with Crippen molar-refractivity contribution >= 4 is 28.2 Å². The van der Waals surface area contributed by atoms with Gasteiger partial charge in [0.2, 0.25) is 0 Å². The number of amides is 1. The molecule has 9 heteroatoms. The number of ether oxygens (including phenoxy) is 1. The van der Waals surface area contributed by atoms with Crippen molar-refractivity contribution in [3.8, 4) is 5.75 Å². The van der Waals surface area contributed by atoms with Crippen LogP contribution < -0.4 is 16.0 Å². The lowest BCUT2D eigenvalue weighted by Crippen LogP contribution is -2.44. The van der Waals surface area contributed by atoms with Crippen LogP contribution in [0.4, 0.5) is 5.00 Å². The molecule has 0 radical (unpaired) electrons. The minimum Gasteiger partial charge on any atom is -0.508 e. The van der Waals surface area contributed by atoms with Gasteiger partial charge in [-0.15, -0.1) is 11.3 Å². The van der Waals surface area contributed by atoms with Gasteiger partial charge in [0.05, 0.1) is 5.56 Å². The zero-order valence-electron chi connectivity index (χ0n) is 16.4. The summed E-state index contributed by atoms with van der Waals surface area (Å²) in [5.41, 5.74) is 1.52. The molecule has 0 aliphatic carbocycles. The van der Waals surface area contributed by atoms with Crippen molar-refractivity contribution in [2.75, 3.05) is 18.5 Å². The first-order valence-corrected chi connectivity index (χ1v) is 10.9. The van der Waals surface area contributed by atoms with Gasteiger partial charge in [0, 0.05) is 36.2 Å². The second-order valence-corrected chi connectivity index (χ2v) is 8.66. The van der Waals surface area contributed by atoms with Crippen molar-refractivity contribution < 1.29 is 24.5 Å². The number of aromatic hydroxyl groups is 1. The third-order valence-corrected chi connectivity index (χ3v) is 6.56. The van der Waals surface area contributed by atoms with E-state index >= 15 is 0 Å². The van der Waals surface area contributed by atoms with E-state index in [4.69, 9.17) is 4.74 Å². The molecule has 0 saturated carbocycles. The number of hydrogen-bond donors (Lipinski definition) is 5. The molecule has 1 amide bonds. The van der Waals surface area contributed by atoms with Crippen LogP contribution in [0.1, 0.15) is 50.4 Å². The van der Waals surface area contributed by atoms with Crippen molar-refractivity contribution in [3.63, 3.8) is 0 Å². The fourth-order valence-electron chi connectivity index (χ4n) is 3.86. The first-order chi connectivity index (χ1) is 14.5. The van der Waals surface area contributed by atoms with Gasteiger partial charge in [0.25, 0.3) is 5.91 Å². The fourth-order valence-corrected chi connectivity index (χ4v) is 5.08. The van der Waals surface area contributed by atoms with E-state index in [0.717, 1.165) is 29.7 Å². The molecule has 3 heterocycles. The van der Waals surface area contributed by atoms with Gasteiger partial charge in [0.1, 0.15) is 17.0 Å². The second kappa shape index (κ2) is 9.03. The van der Waals surface area contributed by atoms with Gasteiger partial charge in [-0.2, -0.15) is 0 Å². The van der Waals surface area contributed by atoms with E-state index in [1.807, 2.05) is 0 Å². The predicted molar refractivity (Wildman–Crippen MR) is 113 cm³/mol. The van der Waals surface area contributed by atoms with E-state index in [-0.39, 0.29) is 23.9 Å². The van der Waals surface area contributed by atoms with Crippen LogP contribution in [-0.4, -0.2) is 47.5 Å². The highest BCUT2D eigenvalue weighted by Gasteiger charge is 2.30. The Morgan fingerprint density at radius 2 is 2.17 bits per heavy atom. The lowest BCUT2D eigenvalue weighted by Gasteiger charge is -2.25. The van der Waals surface area contributed by atoms with E-state index < -0.39 is 5.97 Å². The molecular weight excluding hydrogens is 406 g/mol. The van der Waals surface area contributed by atoms with E-state index in [1.165, 1.54) is 23.5 Å². The highest BCUT2D eigenvalue weighted by molar-refractivity contribution is 7.16. The number of benzene rings is 1. The van der Waals surface area contributed by atoms with Crippen LogP contribution in [-0.2, 0) is 17.7 Å². The number of anilines is 1. The van der Waals surface area contributed by atoms with E-state index in [2.05, 4.69) is 16.0 Å². The van der Waals surface area contributed by atoms with E-state index in [0.29, 0.717) is 42.2 Å². The average Bonchev–Trinajstić information content (AvgIpc) is 3.10. The minimum atomic E-state index is -0.949. The van der Waals surface area contributed by atoms with Crippen molar-refractivity contribution in [2.45, 2.75) is 44.5 Å². The summed E-state index contributed by atoms with van der Waals surface area (Å²) in [4.78, 5) is 25.3. The van der Waals surface area contributed by atoms with Crippen molar-refractivity contribution in [2.24, 2.45) is 0 Å². The molecule has 160 valence electrons. The molecule has 2 aliphatic heterocycles. The molecule has 1 aromatic carbocycles. The Morgan fingerprint density at radius 1 is 1.30 bits per heavy atom. The number of rotatable bonds is 6. The summed E-state index contributed by atoms with van der Waals surface area (Å²) < 4.78 is 5.71. The Kier molecular flexibility index (Phi) is 6.21. The van der Waals surface area contributed by atoms with Crippen LogP contribution in [0.2, 0.25) is 0 Å². The summed E-state index contributed by atoms with van der Waals surface area (Å²) in [7, 11) is 0. The molecule has 8 nitrogen and oxygen atoms in total. The van der Waals surface area contributed by atoms with Crippen molar-refractivity contribution in [3.05, 3.63) is 45.8 Å². The van der Waals surface area contributed by atoms with Crippen LogP contribution in [0.5, 0.6) is 5.75 Å². The monoisotopic (exact) mass is 431 g/mol. The molecule has 2 aliphatic rings. The lowest BCUT2D eigenvalue weighted by molar-refractivity contribution is 0.0344. The smallest absolute Gasteiger partial charge is 0.338 e. The van der Waals surface area contributed by atoms with Gasteiger partial charge >= 0.3 is 5.97 Å². The summed E-state index contributed by atoms with van der Waals surface area (Å²) >= 11 is 1.46.